The molecule has 2 heterocycles. The van der Waals surface area contributed by atoms with Gasteiger partial charge in [0.15, 0.2) is 0 Å². The third-order valence-corrected chi connectivity index (χ3v) is 4.51. The van der Waals surface area contributed by atoms with E-state index in [1.807, 2.05) is 4.90 Å². The van der Waals surface area contributed by atoms with Crippen LogP contribution in [0.1, 0.15) is 24.2 Å². The van der Waals surface area contributed by atoms with Gasteiger partial charge in [-0.2, -0.15) is 0 Å². The van der Waals surface area contributed by atoms with Gasteiger partial charge in [0.05, 0.1) is 5.60 Å². The SMILES string of the molecule is Cc1nc(Cl)cc(N2CCC(O)(c3cccc(OC(F)(F)F)c3)CC2)n1. The van der Waals surface area contributed by atoms with Crippen LogP contribution in [0.25, 0.3) is 0 Å². The molecule has 1 fully saturated rings. The highest BCUT2D eigenvalue weighted by molar-refractivity contribution is 6.29. The van der Waals surface area contributed by atoms with E-state index in [2.05, 4.69) is 14.7 Å². The summed E-state index contributed by atoms with van der Waals surface area (Å²) in [6, 6.07) is 7.13. The predicted molar refractivity (Wildman–Crippen MR) is 90.2 cm³/mol. The standard InChI is InChI=1S/C17H17ClF3N3O2/c1-11-22-14(18)10-15(23-11)24-7-5-16(25,6-8-24)12-3-2-4-13(9-12)26-17(19,20)21/h2-4,9-10,25H,5-8H2,1H3. The number of anilines is 1. The van der Waals surface area contributed by atoms with Gasteiger partial charge in [-0.1, -0.05) is 23.7 Å². The van der Waals surface area contributed by atoms with Crippen LogP contribution in [0.2, 0.25) is 5.15 Å². The van der Waals surface area contributed by atoms with Crippen LogP contribution in [0.3, 0.4) is 0 Å². The molecule has 3 rings (SSSR count). The number of halogens is 4. The van der Waals surface area contributed by atoms with Crippen molar-refractivity contribution in [3.05, 3.63) is 46.9 Å². The van der Waals surface area contributed by atoms with Crippen LogP contribution in [0.4, 0.5) is 19.0 Å². The highest BCUT2D eigenvalue weighted by Gasteiger charge is 2.36. The molecule has 1 aliphatic heterocycles. The molecule has 9 heteroatoms. The van der Waals surface area contributed by atoms with Crippen molar-refractivity contribution in [1.82, 2.24) is 9.97 Å². The number of piperidine rings is 1. The fourth-order valence-corrected chi connectivity index (χ4v) is 3.28. The Morgan fingerprint density at radius 3 is 2.50 bits per heavy atom. The number of rotatable bonds is 3. The number of ether oxygens (including phenoxy) is 1. The summed E-state index contributed by atoms with van der Waals surface area (Å²) in [7, 11) is 0. The van der Waals surface area contributed by atoms with E-state index in [1.54, 1.807) is 19.1 Å². The van der Waals surface area contributed by atoms with Gasteiger partial charge in [-0.3, -0.25) is 0 Å². The molecule has 5 nitrogen and oxygen atoms in total. The van der Waals surface area contributed by atoms with Crippen LogP contribution in [-0.2, 0) is 5.60 Å². The molecular weight excluding hydrogens is 371 g/mol. The van der Waals surface area contributed by atoms with Crippen LogP contribution < -0.4 is 9.64 Å². The van der Waals surface area contributed by atoms with Gasteiger partial charge >= 0.3 is 6.36 Å². The van der Waals surface area contributed by atoms with Crippen LogP contribution in [-0.4, -0.2) is 34.5 Å². The Hall–Kier alpha value is -2.06. The molecule has 0 spiro atoms. The van der Waals surface area contributed by atoms with E-state index in [-0.39, 0.29) is 5.75 Å². The fourth-order valence-electron chi connectivity index (χ4n) is 3.06. The van der Waals surface area contributed by atoms with Crippen LogP contribution >= 0.6 is 11.6 Å². The van der Waals surface area contributed by atoms with Gasteiger partial charge in [0.2, 0.25) is 0 Å². The maximum absolute atomic E-state index is 12.4. The summed E-state index contributed by atoms with van der Waals surface area (Å²) in [5.74, 6) is 0.869. The number of benzene rings is 1. The van der Waals surface area contributed by atoms with Gasteiger partial charge < -0.3 is 14.7 Å². The molecule has 0 radical (unpaired) electrons. The zero-order chi connectivity index (χ0) is 18.9. The third kappa shape index (κ3) is 4.37. The fraction of sp³-hybridized carbons (Fsp3) is 0.412. The molecule has 0 bridgehead atoms. The van der Waals surface area contributed by atoms with E-state index in [0.717, 1.165) is 0 Å². The Balaban J connectivity index is 1.74. The van der Waals surface area contributed by atoms with Crippen molar-refractivity contribution in [3.63, 3.8) is 0 Å². The van der Waals surface area contributed by atoms with Crippen LogP contribution in [0.5, 0.6) is 5.75 Å². The van der Waals surface area contributed by atoms with E-state index >= 15 is 0 Å². The van der Waals surface area contributed by atoms with Gasteiger partial charge in [0.1, 0.15) is 22.5 Å². The summed E-state index contributed by atoms with van der Waals surface area (Å²) in [4.78, 5) is 10.3. The molecule has 0 saturated carbocycles. The zero-order valence-corrected chi connectivity index (χ0v) is 14.7. The molecule has 1 aromatic carbocycles. The molecule has 1 N–H and O–H groups in total. The second-order valence-electron chi connectivity index (χ2n) is 6.19. The molecule has 0 aliphatic carbocycles. The first-order valence-corrected chi connectivity index (χ1v) is 8.37. The molecule has 26 heavy (non-hydrogen) atoms. The van der Waals surface area contributed by atoms with Gasteiger partial charge in [0.25, 0.3) is 0 Å². The molecule has 0 amide bonds. The van der Waals surface area contributed by atoms with Crippen molar-refractivity contribution >= 4 is 17.4 Å². The van der Waals surface area contributed by atoms with E-state index in [4.69, 9.17) is 11.6 Å². The third-order valence-electron chi connectivity index (χ3n) is 4.31. The lowest BCUT2D eigenvalue weighted by molar-refractivity contribution is -0.274. The number of hydrogen-bond acceptors (Lipinski definition) is 5. The van der Waals surface area contributed by atoms with E-state index in [0.29, 0.717) is 48.3 Å². The van der Waals surface area contributed by atoms with Crippen molar-refractivity contribution in [2.24, 2.45) is 0 Å². The number of aromatic nitrogens is 2. The minimum absolute atomic E-state index is 0.336. The number of nitrogens with zero attached hydrogens (tertiary/aromatic N) is 3. The lowest BCUT2D eigenvalue weighted by Crippen LogP contribution is -2.43. The molecule has 0 unspecified atom stereocenters. The van der Waals surface area contributed by atoms with Crippen molar-refractivity contribution in [1.29, 1.82) is 0 Å². The number of aryl methyl sites for hydroxylation is 1. The number of aliphatic hydroxyl groups is 1. The van der Waals surface area contributed by atoms with Crippen LogP contribution in [0.15, 0.2) is 30.3 Å². The second-order valence-corrected chi connectivity index (χ2v) is 6.58. The van der Waals surface area contributed by atoms with E-state index in [1.165, 1.54) is 18.2 Å². The van der Waals surface area contributed by atoms with Crippen molar-refractivity contribution in [3.8, 4) is 5.75 Å². The zero-order valence-electron chi connectivity index (χ0n) is 13.9. The molecule has 0 atom stereocenters. The summed E-state index contributed by atoms with van der Waals surface area (Å²) >= 11 is 5.96. The second kappa shape index (κ2) is 6.92. The maximum atomic E-state index is 12.4. The lowest BCUT2D eigenvalue weighted by atomic mass is 9.84. The molecule has 140 valence electrons. The lowest BCUT2D eigenvalue weighted by Gasteiger charge is -2.39. The first kappa shape index (κ1) is 18.7. The van der Waals surface area contributed by atoms with Crippen molar-refractivity contribution in [2.45, 2.75) is 31.7 Å². The Kier molecular flexibility index (Phi) is 4.98. The first-order chi connectivity index (χ1) is 12.1. The Morgan fingerprint density at radius 2 is 1.88 bits per heavy atom. The predicted octanol–water partition coefficient (Wildman–Crippen LogP) is 3.83. The molecule has 1 aromatic heterocycles. The average molecular weight is 388 g/mol. The Labute approximate surface area is 153 Å². The van der Waals surface area contributed by atoms with Crippen LogP contribution in [0, 0.1) is 6.92 Å². The van der Waals surface area contributed by atoms with E-state index in [9.17, 15) is 18.3 Å². The summed E-state index contributed by atoms with van der Waals surface area (Å²) < 4.78 is 41.1. The summed E-state index contributed by atoms with van der Waals surface area (Å²) in [5, 5.41) is 11.3. The number of hydrogen-bond donors (Lipinski definition) is 1. The van der Waals surface area contributed by atoms with Gasteiger partial charge in [-0.15, -0.1) is 13.2 Å². The summed E-state index contributed by atoms with van der Waals surface area (Å²) in [6.07, 6.45) is -4.10. The van der Waals surface area contributed by atoms with Crippen molar-refractivity contribution in [2.75, 3.05) is 18.0 Å². The van der Waals surface area contributed by atoms with Gasteiger partial charge in [-0.05, 0) is 37.5 Å². The first-order valence-electron chi connectivity index (χ1n) is 7.99. The number of alkyl halides is 3. The topological polar surface area (TPSA) is 58.5 Å². The molecular formula is C17H17ClF3N3O2. The summed E-state index contributed by atoms with van der Waals surface area (Å²) in [5.41, 5.74) is -0.830. The molecule has 1 aliphatic rings. The average Bonchev–Trinajstić information content (AvgIpc) is 2.53. The highest BCUT2D eigenvalue weighted by atomic mass is 35.5. The largest absolute Gasteiger partial charge is 0.573 e. The van der Waals surface area contributed by atoms with Gasteiger partial charge in [0, 0.05) is 19.2 Å². The van der Waals surface area contributed by atoms with Gasteiger partial charge in [-0.25, -0.2) is 9.97 Å². The highest BCUT2D eigenvalue weighted by Crippen LogP contribution is 2.36. The Morgan fingerprint density at radius 1 is 1.19 bits per heavy atom. The molecule has 1 saturated heterocycles. The minimum Gasteiger partial charge on any atom is -0.406 e. The smallest absolute Gasteiger partial charge is 0.406 e. The monoisotopic (exact) mass is 387 g/mol. The Bertz CT molecular complexity index is 773. The summed E-state index contributed by atoms with van der Waals surface area (Å²) in [6.45, 7) is 2.70. The van der Waals surface area contributed by atoms with E-state index < -0.39 is 12.0 Å². The molecule has 2 aromatic rings. The minimum atomic E-state index is -4.77. The van der Waals surface area contributed by atoms with Crippen molar-refractivity contribution < 1.29 is 23.0 Å². The normalized spacial score (nSPS) is 17.2. The maximum Gasteiger partial charge on any atom is 0.573 e. The quantitative estimate of drug-likeness (QED) is 0.811.